The molecule has 2 aromatic carbocycles. The Bertz CT molecular complexity index is 1050. The average molecular weight is 479 g/mol. The monoisotopic (exact) mass is 478 g/mol. The van der Waals surface area contributed by atoms with Crippen molar-refractivity contribution in [3.8, 4) is 11.1 Å². The SMILES string of the molecule is CCC(CC)(NC(=O)[C@H]1CCC[C@@H](NC(=O)OCC2c3ccccc3-c3ccccc32)C1)C(=O)O. The number of carboxylic acid groups (broad SMARTS) is 1. The highest BCUT2D eigenvalue weighted by molar-refractivity contribution is 5.88. The van der Waals surface area contributed by atoms with Gasteiger partial charge in [-0.2, -0.15) is 0 Å². The lowest BCUT2D eigenvalue weighted by Gasteiger charge is -2.33. The zero-order valence-corrected chi connectivity index (χ0v) is 20.4. The molecule has 7 nitrogen and oxygen atoms in total. The van der Waals surface area contributed by atoms with Crippen LogP contribution in [-0.2, 0) is 14.3 Å². The Kier molecular flexibility index (Phi) is 7.43. The van der Waals surface area contributed by atoms with Gasteiger partial charge in [0, 0.05) is 17.9 Å². The number of fused-ring (bicyclic) bond motifs is 3. The molecule has 0 bridgehead atoms. The highest BCUT2D eigenvalue weighted by Gasteiger charge is 2.39. The zero-order valence-electron chi connectivity index (χ0n) is 20.4. The fraction of sp³-hybridized carbons (Fsp3) is 0.464. The number of carbonyl (C=O) groups excluding carboxylic acids is 2. The summed E-state index contributed by atoms with van der Waals surface area (Å²) >= 11 is 0. The van der Waals surface area contributed by atoms with Gasteiger partial charge in [0.25, 0.3) is 0 Å². The summed E-state index contributed by atoms with van der Waals surface area (Å²) in [4.78, 5) is 37.3. The fourth-order valence-corrected chi connectivity index (χ4v) is 5.49. The van der Waals surface area contributed by atoms with Crippen molar-refractivity contribution in [1.82, 2.24) is 10.6 Å². The molecule has 4 rings (SSSR count). The Balaban J connectivity index is 1.34. The molecule has 35 heavy (non-hydrogen) atoms. The van der Waals surface area contributed by atoms with Crippen molar-refractivity contribution in [3.05, 3.63) is 59.7 Å². The molecule has 7 heteroatoms. The summed E-state index contributed by atoms with van der Waals surface area (Å²) in [5.74, 6) is -1.61. The molecule has 0 heterocycles. The first-order chi connectivity index (χ1) is 16.9. The van der Waals surface area contributed by atoms with Crippen molar-refractivity contribution in [2.75, 3.05) is 6.61 Å². The van der Waals surface area contributed by atoms with Gasteiger partial charge in [0.05, 0.1) is 0 Å². The molecule has 0 aromatic heterocycles. The number of hydrogen-bond acceptors (Lipinski definition) is 4. The molecule has 1 fully saturated rings. The van der Waals surface area contributed by atoms with Gasteiger partial charge in [0.1, 0.15) is 12.1 Å². The lowest BCUT2D eigenvalue weighted by Crippen LogP contribution is -2.56. The van der Waals surface area contributed by atoms with Gasteiger partial charge >= 0.3 is 12.1 Å². The maximum Gasteiger partial charge on any atom is 0.407 e. The van der Waals surface area contributed by atoms with Crippen molar-refractivity contribution >= 4 is 18.0 Å². The first kappa shape index (κ1) is 24.8. The van der Waals surface area contributed by atoms with E-state index in [1.165, 1.54) is 11.1 Å². The van der Waals surface area contributed by atoms with E-state index in [9.17, 15) is 19.5 Å². The van der Waals surface area contributed by atoms with Gasteiger partial charge < -0.3 is 20.5 Å². The van der Waals surface area contributed by atoms with Crippen LogP contribution in [0.3, 0.4) is 0 Å². The minimum Gasteiger partial charge on any atom is -0.480 e. The summed E-state index contributed by atoms with van der Waals surface area (Å²) < 4.78 is 5.66. The molecule has 0 unspecified atom stereocenters. The highest BCUT2D eigenvalue weighted by atomic mass is 16.5. The Labute approximate surface area is 206 Å². The number of rotatable bonds is 8. The summed E-state index contributed by atoms with van der Waals surface area (Å²) in [7, 11) is 0. The van der Waals surface area contributed by atoms with E-state index in [4.69, 9.17) is 4.74 Å². The minimum absolute atomic E-state index is 0.00902. The predicted molar refractivity (Wildman–Crippen MR) is 133 cm³/mol. The number of carboxylic acids is 1. The molecule has 0 spiro atoms. The molecule has 2 aromatic rings. The Hall–Kier alpha value is -3.35. The number of carbonyl (C=O) groups is 3. The minimum atomic E-state index is -1.25. The third-order valence-electron chi connectivity index (χ3n) is 7.69. The van der Waals surface area contributed by atoms with Crippen molar-refractivity contribution in [2.45, 2.75) is 69.9 Å². The Morgan fingerprint density at radius 2 is 1.57 bits per heavy atom. The van der Waals surface area contributed by atoms with E-state index in [1.807, 2.05) is 24.3 Å². The first-order valence-corrected chi connectivity index (χ1v) is 12.6. The molecule has 186 valence electrons. The van der Waals surface area contributed by atoms with Gasteiger partial charge in [0.2, 0.25) is 5.91 Å². The molecule has 2 atom stereocenters. The molecule has 1 saturated carbocycles. The summed E-state index contributed by atoms with van der Waals surface area (Å²) in [6, 6.07) is 16.2. The number of benzene rings is 2. The van der Waals surface area contributed by atoms with Crippen LogP contribution in [0.5, 0.6) is 0 Å². The lowest BCUT2D eigenvalue weighted by atomic mass is 9.83. The number of ether oxygens (including phenoxy) is 1. The van der Waals surface area contributed by atoms with Gasteiger partial charge in [-0.25, -0.2) is 9.59 Å². The molecule has 2 aliphatic rings. The van der Waals surface area contributed by atoms with Crippen LogP contribution in [0, 0.1) is 5.92 Å². The van der Waals surface area contributed by atoms with Gasteiger partial charge in [-0.15, -0.1) is 0 Å². The summed E-state index contributed by atoms with van der Waals surface area (Å²) in [5, 5.41) is 15.3. The number of amides is 2. The summed E-state index contributed by atoms with van der Waals surface area (Å²) in [6.07, 6.45) is 2.85. The Morgan fingerprint density at radius 3 is 2.14 bits per heavy atom. The van der Waals surface area contributed by atoms with Crippen molar-refractivity contribution in [1.29, 1.82) is 0 Å². The third kappa shape index (κ3) is 5.04. The van der Waals surface area contributed by atoms with Crippen LogP contribution >= 0.6 is 0 Å². The van der Waals surface area contributed by atoms with Gasteiger partial charge in [-0.3, -0.25) is 4.79 Å². The van der Waals surface area contributed by atoms with Crippen molar-refractivity contribution in [3.63, 3.8) is 0 Å². The average Bonchev–Trinajstić information content (AvgIpc) is 3.19. The van der Waals surface area contributed by atoms with E-state index >= 15 is 0 Å². The molecular weight excluding hydrogens is 444 g/mol. The second-order valence-electron chi connectivity index (χ2n) is 9.61. The predicted octanol–water partition coefficient (Wildman–Crippen LogP) is 4.84. The van der Waals surface area contributed by atoms with Gasteiger partial charge in [-0.05, 0) is 54.4 Å². The van der Waals surface area contributed by atoms with E-state index in [1.54, 1.807) is 13.8 Å². The number of alkyl carbamates (subject to hydrolysis) is 1. The van der Waals surface area contributed by atoms with Crippen molar-refractivity contribution < 1.29 is 24.2 Å². The second kappa shape index (κ2) is 10.5. The molecule has 0 aliphatic heterocycles. The van der Waals surface area contributed by atoms with Crippen LogP contribution < -0.4 is 10.6 Å². The third-order valence-corrected chi connectivity index (χ3v) is 7.69. The van der Waals surface area contributed by atoms with Crippen LogP contribution in [0.25, 0.3) is 11.1 Å². The number of hydrogen-bond donors (Lipinski definition) is 3. The molecule has 0 saturated heterocycles. The van der Waals surface area contributed by atoms with E-state index < -0.39 is 17.6 Å². The largest absolute Gasteiger partial charge is 0.480 e. The van der Waals surface area contributed by atoms with E-state index in [-0.39, 0.29) is 30.4 Å². The second-order valence-corrected chi connectivity index (χ2v) is 9.61. The summed E-state index contributed by atoms with van der Waals surface area (Å²) in [5.41, 5.74) is 3.42. The highest BCUT2D eigenvalue weighted by Crippen LogP contribution is 2.44. The maximum absolute atomic E-state index is 12.9. The van der Waals surface area contributed by atoms with Crippen LogP contribution in [0.4, 0.5) is 4.79 Å². The van der Waals surface area contributed by atoms with Crippen molar-refractivity contribution in [2.24, 2.45) is 5.92 Å². The van der Waals surface area contributed by atoms with Gasteiger partial charge in [0.15, 0.2) is 0 Å². The molecule has 0 radical (unpaired) electrons. The van der Waals surface area contributed by atoms with Crippen LogP contribution in [-0.4, -0.2) is 41.3 Å². The van der Waals surface area contributed by atoms with E-state index in [2.05, 4.69) is 34.9 Å². The van der Waals surface area contributed by atoms with E-state index in [0.29, 0.717) is 25.7 Å². The molecule has 2 amide bonds. The normalized spacial score (nSPS) is 19.4. The molecule has 2 aliphatic carbocycles. The quantitative estimate of drug-likeness (QED) is 0.503. The first-order valence-electron chi connectivity index (χ1n) is 12.6. The van der Waals surface area contributed by atoms with Crippen LogP contribution in [0.2, 0.25) is 0 Å². The molecule has 3 N–H and O–H groups in total. The number of aliphatic carboxylic acids is 1. The fourth-order valence-electron chi connectivity index (χ4n) is 5.49. The standard InChI is InChI=1S/C28H34N2O5/c1-3-28(4-2,26(32)33)30-25(31)18-10-9-11-19(16-18)29-27(34)35-17-24-22-14-7-5-12-20(22)21-13-6-8-15-23(21)24/h5-8,12-15,18-19,24H,3-4,9-11,16-17H2,1-2H3,(H,29,34)(H,30,31)(H,32,33)/t18-,19+/m0/s1. The van der Waals surface area contributed by atoms with Crippen LogP contribution in [0.1, 0.15) is 69.4 Å². The lowest BCUT2D eigenvalue weighted by molar-refractivity contribution is -0.149. The molecular formula is C28H34N2O5. The topological polar surface area (TPSA) is 105 Å². The zero-order chi connectivity index (χ0) is 25.0. The Morgan fingerprint density at radius 1 is 0.971 bits per heavy atom. The van der Waals surface area contributed by atoms with Crippen LogP contribution in [0.15, 0.2) is 48.5 Å². The number of nitrogens with one attached hydrogen (secondary N) is 2. The van der Waals surface area contributed by atoms with Gasteiger partial charge in [-0.1, -0.05) is 68.8 Å². The summed E-state index contributed by atoms with van der Waals surface area (Å²) in [6.45, 7) is 3.77. The van der Waals surface area contributed by atoms with E-state index in [0.717, 1.165) is 24.0 Å². The maximum atomic E-state index is 12.9. The smallest absolute Gasteiger partial charge is 0.407 e.